The maximum atomic E-state index is 6.37. The number of fused-ring (bicyclic) bond motifs is 1. The molecule has 3 heterocycles. The predicted molar refractivity (Wildman–Crippen MR) is 151 cm³/mol. The van der Waals surface area contributed by atoms with E-state index in [1.807, 2.05) is 41.4 Å². The van der Waals surface area contributed by atoms with Crippen LogP contribution in [0.5, 0.6) is 0 Å². The summed E-state index contributed by atoms with van der Waals surface area (Å²) < 4.78 is 0. The molecule has 0 spiro atoms. The van der Waals surface area contributed by atoms with E-state index in [4.69, 9.17) is 26.7 Å². The van der Waals surface area contributed by atoms with Gasteiger partial charge in [-0.3, -0.25) is 0 Å². The molecule has 0 N–H and O–H groups in total. The van der Waals surface area contributed by atoms with Crippen LogP contribution in [0.2, 0.25) is 5.02 Å². The summed E-state index contributed by atoms with van der Waals surface area (Å²) in [6.07, 6.45) is 0.796. The molecule has 3 aromatic carbocycles. The van der Waals surface area contributed by atoms with E-state index in [9.17, 15) is 0 Å². The molecule has 36 heavy (non-hydrogen) atoms. The molecule has 0 saturated heterocycles. The molecule has 0 saturated carbocycles. The molecule has 0 fully saturated rings. The summed E-state index contributed by atoms with van der Waals surface area (Å²) in [5, 5.41) is 10.8. The average molecular weight is 509 g/mol. The molecule has 6 heteroatoms. The van der Waals surface area contributed by atoms with E-state index in [-0.39, 0.29) is 6.04 Å². The van der Waals surface area contributed by atoms with E-state index >= 15 is 0 Å². The number of thiophene rings is 1. The number of hydrogen-bond donors (Lipinski definition) is 0. The summed E-state index contributed by atoms with van der Waals surface area (Å²) in [5.74, 6) is 1.08. The number of benzene rings is 3. The Hall–Kier alpha value is -3.54. The number of nitrogens with zero attached hydrogens (tertiary/aromatic N) is 4. The minimum atomic E-state index is 0.0108. The summed E-state index contributed by atoms with van der Waals surface area (Å²) in [6, 6.07) is 29.1. The van der Waals surface area contributed by atoms with Crippen molar-refractivity contribution in [3.8, 4) is 11.3 Å². The van der Waals surface area contributed by atoms with E-state index in [1.54, 1.807) is 11.3 Å². The molecule has 4 nitrogen and oxygen atoms in total. The van der Waals surface area contributed by atoms with Crippen molar-refractivity contribution in [3.63, 3.8) is 0 Å². The van der Waals surface area contributed by atoms with Crippen LogP contribution in [-0.2, 0) is 0 Å². The first-order valence-corrected chi connectivity index (χ1v) is 13.4. The van der Waals surface area contributed by atoms with Crippen molar-refractivity contribution in [3.05, 3.63) is 111 Å². The van der Waals surface area contributed by atoms with Crippen LogP contribution in [-0.4, -0.2) is 15.7 Å². The predicted octanol–water partition coefficient (Wildman–Crippen LogP) is 8.49. The lowest BCUT2D eigenvalue weighted by atomic mass is 9.97. The zero-order chi connectivity index (χ0) is 24.6. The van der Waals surface area contributed by atoms with Crippen molar-refractivity contribution < 1.29 is 0 Å². The minimum absolute atomic E-state index is 0.0108. The van der Waals surface area contributed by atoms with E-state index in [0.29, 0.717) is 16.9 Å². The number of hydrogen-bond acceptors (Lipinski definition) is 5. The normalized spacial score (nSPS) is 15.6. The standard InChI is InChI=1S/C30H25ClN4S/c1-19(2)20-10-12-21(13-11-20)27-18-26(28-9-6-16-36-28)34-35(27)30-32-25-15-14-23(31)17-24(25)29(33-30)22-7-4-3-5-8-22/h3-17,19,27H,18H2,1-2H3. The van der Waals surface area contributed by atoms with Crippen LogP contribution in [0.4, 0.5) is 5.95 Å². The SMILES string of the molecule is CC(C)c1ccc(C2CC(c3cccs3)=NN2c2nc(-c3ccccc3)c3cc(Cl)ccc3n2)cc1. The quantitative estimate of drug-likeness (QED) is 0.239. The molecule has 1 aliphatic heterocycles. The molecule has 1 unspecified atom stereocenters. The minimum Gasteiger partial charge on any atom is -0.223 e. The van der Waals surface area contributed by atoms with Crippen molar-refractivity contribution in [1.82, 2.24) is 9.97 Å². The van der Waals surface area contributed by atoms with Crippen molar-refractivity contribution in [1.29, 1.82) is 0 Å². The Labute approximate surface area is 219 Å². The fourth-order valence-corrected chi connectivity index (χ4v) is 5.55. The topological polar surface area (TPSA) is 41.4 Å². The third kappa shape index (κ3) is 4.29. The smallest absolute Gasteiger partial charge is 0.223 e. The van der Waals surface area contributed by atoms with Crippen LogP contribution in [0.1, 0.15) is 48.2 Å². The molecule has 6 rings (SSSR count). The highest BCUT2D eigenvalue weighted by atomic mass is 35.5. The second-order valence-electron chi connectivity index (χ2n) is 9.31. The number of halogens is 1. The van der Waals surface area contributed by atoms with Gasteiger partial charge in [0.05, 0.1) is 27.8 Å². The van der Waals surface area contributed by atoms with Gasteiger partial charge < -0.3 is 0 Å². The van der Waals surface area contributed by atoms with Gasteiger partial charge in [-0.05, 0) is 46.7 Å². The van der Waals surface area contributed by atoms with Gasteiger partial charge >= 0.3 is 0 Å². The van der Waals surface area contributed by atoms with E-state index in [2.05, 4.69) is 67.8 Å². The maximum absolute atomic E-state index is 6.37. The zero-order valence-corrected chi connectivity index (χ0v) is 21.7. The van der Waals surface area contributed by atoms with Crippen molar-refractivity contribution >= 4 is 45.5 Å². The molecule has 1 aliphatic rings. The van der Waals surface area contributed by atoms with Crippen LogP contribution in [0.25, 0.3) is 22.2 Å². The molecule has 1 atom stereocenters. The van der Waals surface area contributed by atoms with Gasteiger partial charge in [-0.15, -0.1) is 11.3 Å². The lowest BCUT2D eigenvalue weighted by Gasteiger charge is -2.23. The van der Waals surface area contributed by atoms with Gasteiger partial charge in [0.1, 0.15) is 0 Å². The highest BCUT2D eigenvalue weighted by molar-refractivity contribution is 7.12. The summed E-state index contributed by atoms with van der Waals surface area (Å²) in [5.41, 5.74) is 6.31. The third-order valence-electron chi connectivity index (χ3n) is 6.60. The fraction of sp³-hybridized carbons (Fsp3) is 0.167. The Morgan fingerprint density at radius 3 is 2.44 bits per heavy atom. The molecule has 2 aromatic heterocycles. The molecule has 0 amide bonds. The first-order valence-electron chi connectivity index (χ1n) is 12.1. The number of aromatic nitrogens is 2. The zero-order valence-electron chi connectivity index (χ0n) is 20.1. The highest BCUT2D eigenvalue weighted by Crippen LogP contribution is 2.38. The van der Waals surface area contributed by atoms with Crippen LogP contribution in [0, 0.1) is 0 Å². The molecule has 5 aromatic rings. The lowest BCUT2D eigenvalue weighted by molar-refractivity contribution is 0.688. The second kappa shape index (κ2) is 9.49. The molecular weight excluding hydrogens is 484 g/mol. The molecule has 0 bridgehead atoms. The Balaban J connectivity index is 1.51. The molecule has 0 radical (unpaired) electrons. The summed E-state index contributed by atoms with van der Waals surface area (Å²) in [6.45, 7) is 4.43. The molecule has 178 valence electrons. The van der Waals surface area contributed by atoms with Crippen LogP contribution in [0.3, 0.4) is 0 Å². The first kappa shape index (κ1) is 22.9. The Morgan fingerprint density at radius 1 is 0.917 bits per heavy atom. The number of rotatable bonds is 5. The lowest BCUT2D eigenvalue weighted by Crippen LogP contribution is -2.21. The van der Waals surface area contributed by atoms with Crippen molar-refractivity contribution in [2.45, 2.75) is 32.2 Å². The monoisotopic (exact) mass is 508 g/mol. The Morgan fingerprint density at radius 2 is 1.72 bits per heavy atom. The molecular formula is C30H25ClN4S. The summed E-state index contributed by atoms with van der Waals surface area (Å²) in [4.78, 5) is 11.2. The molecule has 0 aliphatic carbocycles. The van der Waals surface area contributed by atoms with Crippen molar-refractivity contribution in [2.75, 3.05) is 5.01 Å². The van der Waals surface area contributed by atoms with Gasteiger partial charge in [-0.1, -0.05) is 86.1 Å². The third-order valence-corrected chi connectivity index (χ3v) is 7.76. The van der Waals surface area contributed by atoms with Crippen LogP contribution >= 0.6 is 22.9 Å². The number of anilines is 1. The highest BCUT2D eigenvalue weighted by Gasteiger charge is 2.32. The van der Waals surface area contributed by atoms with E-state index < -0.39 is 0 Å². The van der Waals surface area contributed by atoms with Gasteiger partial charge in [0, 0.05) is 22.4 Å². The van der Waals surface area contributed by atoms with Crippen molar-refractivity contribution in [2.24, 2.45) is 5.10 Å². The van der Waals surface area contributed by atoms with Crippen LogP contribution in [0.15, 0.2) is 95.4 Å². The maximum Gasteiger partial charge on any atom is 0.247 e. The van der Waals surface area contributed by atoms with Gasteiger partial charge in [0.25, 0.3) is 0 Å². The Bertz CT molecular complexity index is 1540. The van der Waals surface area contributed by atoms with Crippen LogP contribution < -0.4 is 5.01 Å². The second-order valence-corrected chi connectivity index (χ2v) is 10.7. The first-order chi connectivity index (χ1) is 17.6. The number of hydrazone groups is 1. The van der Waals surface area contributed by atoms with Gasteiger partial charge in [0.2, 0.25) is 5.95 Å². The van der Waals surface area contributed by atoms with Gasteiger partial charge in [0.15, 0.2) is 0 Å². The Kier molecular flexibility index (Phi) is 6.04. The largest absolute Gasteiger partial charge is 0.247 e. The van der Waals surface area contributed by atoms with Gasteiger partial charge in [-0.2, -0.15) is 5.10 Å². The average Bonchev–Trinajstić information content (AvgIpc) is 3.59. The fourth-order valence-electron chi connectivity index (χ4n) is 4.66. The summed E-state index contributed by atoms with van der Waals surface area (Å²) in [7, 11) is 0. The summed E-state index contributed by atoms with van der Waals surface area (Å²) >= 11 is 8.08. The van der Waals surface area contributed by atoms with E-state index in [0.717, 1.165) is 34.3 Å². The van der Waals surface area contributed by atoms with E-state index in [1.165, 1.54) is 16.0 Å². The van der Waals surface area contributed by atoms with Gasteiger partial charge in [-0.25, -0.2) is 15.0 Å².